The minimum absolute atomic E-state index is 0. The van der Waals surface area contributed by atoms with Crippen LogP contribution in [0.4, 0.5) is 0 Å². The number of nitrogens with one attached hydrogen (secondary N) is 1. The summed E-state index contributed by atoms with van der Waals surface area (Å²) in [6, 6.07) is 0. The van der Waals surface area contributed by atoms with Crippen molar-refractivity contribution in [1.29, 1.82) is 0 Å². The zero-order chi connectivity index (χ0) is 33.7. The van der Waals surface area contributed by atoms with E-state index in [1.807, 2.05) is 0 Å². The number of ether oxygens (including phenoxy) is 2. The first kappa shape index (κ1) is 42.5. The Morgan fingerprint density at radius 1 is 0.917 bits per heavy atom. The zero-order valence-corrected chi connectivity index (χ0v) is 33.0. The van der Waals surface area contributed by atoms with Gasteiger partial charge in [-0.25, -0.2) is 0 Å². The maximum Gasteiger partial charge on any atom is 1.00 e. The third-order valence-electron chi connectivity index (χ3n) is 13.1. The fourth-order valence-electron chi connectivity index (χ4n) is 10.5. The van der Waals surface area contributed by atoms with Gasteiger partial charge in [-0.2, -0.15) is 0 Å². The van der Waals surface area contributed by atoms with E-state index in [-0.39, 0.29) is 125 Å². The van der Waals surface area contributed by atoms with Gasteiger partial charge in [0.1, 0.15) is 24.4 Å². The van der Waals surface area contributed by atoms with E-state index in [2.05, 4.69) is 26.1 Å². The second-order valence-electron chi connectivity index (χ2n) is 15.3. The maximum atomic E-state index is 12.3. The Hall–Kier alpha value is 0.130. The Bertz CT molecular complexity index is 1150. The molecule has 0 spiro atoms. The molecule has 4 saturated carbocycles. The second kappa shape index (κ2) is 16.9. The van der Waals surface area contributed by atoms with Gasteiger partial charge in [0.2, 0.25) is 5.91 Å². The number of hydrogen-bond acceptors (Lipinski definition) is 12. The van der Waals surface area contributed by atoms with Crippen LogP contribution in [-0.2, 0) is 23.9 Å². The fraction of sp³-hybridized carbons (Fsp3) is 0.909. The predicted molar refractivity (Wildman–Crippen MR) is 156 cm³/mol. The first-order chi connectivity index (χ1) is 21.6. The van der Waals surface area contributed by atoms with Crippen molar-refractivity contribution in [2.45, 2.75) is 134 Å². The van der Waals surface area contributed by atoms with Crippen molar-refractivity contribution in [3.8, 4) is 0 Å². The van der Waals surface area contributed by atoms with Crippen LogP contribution in [0, 0.1) is 46.3 Å². The van der Waals surface area contributed by atoms with Gasteiger partial charge in [0.15, 0.2) is 6.29 Å². The van der Waals surface area contributed by atoms with Gasteiger partial charge in [0, 0.05) is 25.4 Å². The summed E-state index contributed by atoms with van der Waals surface area (Å²) in [7, 11) is 0. The molecule has 1 amide bonds. The number of carboxylic acid groups (broad SMARTS) is 2. The summed E-state index contributed by atoms with van der Waals surface area (Å²) in [6.45, 7) is 6.54. The number of fused-ring (bicyclic) bond motifs is 5. The molecule has 5 aliphatic rings. The molecule has 0 aromatic carbocycles. The average molecular weight is 700 g/mol. The molecule has 5 rings (SSSR count). The Labute approximate surface area is 326 Å². The predicted octanol–water partition coefficient (Wildman–Crippen LogP) is -7.79. The summed E-state index contributed by atoms with van der Waals surface area (Å²) in [4.78, 5) is 34.4. The molecule has 0 bridgehead atoms. The van der Waals surface area contributed by atoms with Crippen molar-refractivity contribution in [3.05, 3.63) is 0 Å². The smallest absolute Gasteiger partial charge is 0.550 e. The van der Waals surface area contributed by atoms with E-state index < -0.39 is 66.4 Å². The summed E-state index contributed by atoms with van der Waals surface area (Å²) < 4.78 is 11.3. The van der Waals surface area contributed by atoms with Gasteiger partial charge in [-0.3, -0.25) is 4.79 Å². The quantitative estimate of drug-likeness (QED) is 0.0923. The largest absolute Gasteiger partial charge is 1.00 e. The van der Waals surface area contributed by atoms with Gasteiger partial charge in [-0.1, -0.05) is 20.8 Å². The maximum absolute atomic E-state index is 12.3. The SMILES string of the molecule is C[C@H](CCC(=O)NCCC(=O)[O-])[C@H]1CC[C@H]2[C@@H]3[C@H](O)C[C@@H]4C[C@H](O[C@@H]5O[C@H](C(=O)[O-])[C@@H](O)C(O)[C@H]5O)CC[C@]4(C)[C@H]3C[C@H](O)[C@]12C.[Na+].[Na+]. The van der Waals surface area contributed by atoms with Gasteiger partial charge in [-0.05, 0) is 97.7 Å². The van der Waals surface area contributed by atoms with E-state index in [0.29, 0.717) is 32.1 Å². The third kappa shape index (κ3) is 8.04. The first-order valence-electron chi connectivity index (χ1n) is 17.0. The number of hydrogen-bond donors (Lipinski definition) is 6. The molecule has 1 heterocycles. The van der Waals surface area contributed by atoms with Crippen molar-refractivity contribution in [1.82, 2.24) is 5.32 Å². The number of carbonyl (C=O) groups excluding carboxylic acids is 3. The molecule has 1 saturated heterocycles. The molecule has 1 unspecified atom stereocenters. The van der Waals surface area contributed by atoms with Crippen LogP contribution < -0.4 is 74.6 Å². The van der Waals surface area contributed by atoms with E-state index in [1.54, 1.807) is 0 Å². The van der Waals surface area contributed by atoms with E-state index >= 15 is 0 Å². The van der Waals surface area contributed by atoms with Gasteiger partial charge < -0.3 is 60.1 Å². The molecule has 15 heteroatoms. The molecule has 48 heavy (non-hydrogen) atoms. The van der Waals surface area contributed by atoms with Gasteiger partial charge >= 0.3 is 59.1 Å². The Kier molecular flexibility index (Phi) is 14.9. The second-order valence-corrected chi connectivity index (χ2v) is 15.3. The number of amides is 1. The molecule has 0 radical (unpaired) electrons. The van der Waals surface area contributed by atoms with Crippen LogP contribution >= 0.6 is 0 Å². The van der Waals surface area contributed by atoms with Crippen molar-refractivity contribution < 1.29 is 119 Å². The van der Waals surface area contributed by atoms with Gasteiger partial charge in [0.05, 0.1) is 24.3 Å². The monoisotopic (exact) mass is 699 g/mol. The molecule has 1 aliphatic heterocycles. The Morgan fingerprint density at radius 2 is 1.60 bits per heavy atom. The summed E-state index contributed by atoms with van der Waals surface area (Å²) >= 11 is 0. The van der Waals surface area contributed by atoms with Crippen LogP contribution in [0.3, 0.4) is 0 Å². The number of aliphatic hydroxyl groups is 5. The number of aliphatic carboxylic acids is 2. The fourth-order valence-corrected chi connectivity index (χ4v) is 10.5. The van der Waals surface area contributed by atoms with E-state index in [4.69, 9.17) is 9.47 Å². The number of carbonyl (C=O) groups is 3. The molecule has 16 atom stereocenters. The molecule has 4 aliphatic carbocycles. The summed E-state index contributed by atoms with van der Waals surface area (Å²) in [6.07, 6.45) is -4.78. The van der Waals surface area contributed by atoms with E-state index in [1.165, 1.54) is 0 Å². The van der Waals surface area contributed by atoms with Gasteiger partial charge in [-0.15, -0.1) is 0 Å². The van der Waals surface area contributed by atoms with Crippen molar-refractivity contribution in [3.63, 3.8) is 0 Å². The topological polar surface area (TPSA) is 229 Å². The molecular weight excluding hydrogens is 648 g/mol. The normalized spacial score (nSPS) is 45.6. The van der Waals surface area contributed by atoms with E-state index in [9.17, 15) is 50.1 Å². The molecule has 13 nitrogen and oxygen atoms in total. The van der Waals surface area contributed by atoms with Crippen LogP contribution in [0.1, 0.15) is 85.0 Å². The molecule has 0 aromatic rings. The third-order valence-corrected chi connectivity index (χ3v) is 13.1. The molecule has 5 fully saturated rings. The molecule has 0 aromatic heterocycles. The van der Waals surface area contributed by atoms with Crippen LogP contribution in [0.2, 0.25) is 0 Å². The van der Waals surface area contributed by atoms with Crippen molar-refractivity contribution in [2.75, 3.05) is 6.54 Å². The summed E-state index contributed by atoms with van der Waals surface area (Å²) in [5, 5.41) is 78.9. The van der Waals surface area contributed by atoms with Crippen LogP contribution in [-0.4, -0.2) is 98.9 Å². The van der Waals surface area contributed by atoms with E-state index in [0.717, 1.165) is 19.3 Å². The number of carboxylic acids is 2. The van der Waals surface area contributed by atoms with Crippen LogP contribution in [0.25, 0.3) is 0 Å². The molecule has 6 N–H and O–H groups in total. The van der Waals surface area contributed by atoms with Crippen molar-refractivity contribution >= 4 is 17.8 Å². The zero-order valence-electron chi connectivity index (χ0n) is 29.0. The first-order valence-corrected chi connectivity index (χ1v) is 17.0. The van der Waals surface area contributed by atoms with Gasteiger partial charge in [0.25, 0.3) is 0 Å². The summed E-state index contributed by atoms with van der Waals surface area (Å²) in [5.41, 5.74) is -0.597. The van der Waals surface area contributed by atoms with Crippen LogP contribution in [0.15, 0.2) is 0 Å². The van der Waals surface area contributed by atoms with Crippen LogP contribution in [0.5, 0.6) is 0 Å². The Morgan fingerprint density at radius 3 is 2.25 bits per heavy atom. The number of rotatable bonds is 10. The summed E-state index contributed by atoms with van der Waals surface area (Å²) in [5.74, 6) is -2.55. The minimum Gasteiger partial charge on any atom is -0.550 e. The molecule has 262 valence electrons. The minimum atomic E-state index is -1.85. The van der Waals surface area contributed by atoms with Crippen molar-refractivity contribution in [2.24, 2.45) is 46.3 Å². The average Bonchev–Trinajstić information content (AvgIpc) is 3.35. The molecular formula is C33H51NNa2O12. The number of aliphatic hydroxyl groups excluding tert-OH is 5. The Balaban J connectivity index is 0.00000312. The standard InChI is InChI=1S/C33H53NO12.2Na/c1-15(4-7-23(37)34-11-9-24(38)39)18-5-6-19-25-20(14-22(36)33(18,19)3)32(2)10-8-17(12-16(32)13-21(25)35)45-31-28(42)26(40)27(41)29(46-31)30(43)44;;/h15-22,25-29,31,35-36,40-42H,4-14H2,1-3H3,(H,34,37)(H,38,39)(H,43,44);;/q;2*+1/p-2/t15-,16+,17-,18-,19+,20+,21-,22+,25+,26?,27+,28-,29+,31-,32+,33-;;/m1../s1.